The topological polar surface area (TPSA) is 54.7 Å². The summed E-state index contributed by atoms with van der Waals surface area (Å²) < 4.78 is 0. The summed E-state index contributed by atoms with van der Waals surface area (Å²) in [5.41, 5.74) is 1.81. The van der Waals surface area contributed by atoms with Crippen molar-refractivity contribution in [3.8, 4) is 0 Å². The highest BCUT2D eigenvalue weighted by atomic mass is 16.6. The van der Waals surface area contributed by atoms with Crippen molar-refractivity contribution < 1.29 is 9.94 Å². The molecule has 0 unspecified atom stereocenters. The van der Waals surface area contributed by atoms with Crippen molar-refractivity contribution in [1.29, 1.82) is 0 Å². The first-order valence-electron chi connectivity index (χ1n) is 4.14. The lowest BCUT2D eigenvalue weighted by Gasteiger charge is -2.00. The molecule has 0 bridgehead atoms. The average molecular weight is 178 g/mol. The zero-order valence-corrected chi connectivity index (χ0v) is 7.05. The largest absolute Gasteiger partial charge is 0.392 e. The van der Waals surface area contributed by atoms with E-state index in [0.29, 0.717) is 6.42 Å². The van der Waals surface area contributed by atoms with Gasteiger partial charge in [0.25, 0.3) is 0 Å². The molecule has 1 aromatic heterocycles. The predicted octanol–water partition coefficient (Wildman–Crippen LogP) is 0.567. The van der Waals surface area contributed by atoms with Crippen molar-refractivity contribution in [3.05, 3.63) is 30.1 Å². The first kappa shape index (κ1) is 8.19. The number of rotatable bonds is 2. The molecule has 4 heteroatoms. The third-order valence-electron chi connectivity index (χ3n) is 1.93. The Bertz CT molecular complexity index is 311. The van der Waals surface area contributed by atoms with Crippen LogP contribution in [0.15, 0.2) is 29.7 Å². The highest BCUT2D eigenvalue weighted by Gasteiger charge is 2.20. The Morgan fingerprint density at radius 1 is 1.62 bits per heavy atom. The summed E-state index contributed by atoms with van der Waals surface area (Å²) in [6.07, 6.45) is 3.92. The Balaban J connectivity index is 2.12. The molecular formula is C9H10N2O2. The second-order valence-corrected chi connectivity index (χ2v) is 2.89. The number of aromatic nitrogens is 1. The molecule has 1 aromatic rings. The summed E-state index contributed by atoms with van der Waals surface area (Å²) in [6.45, 7) is 0.00720. The van der Waals surface area contributed by atoms with E-state index in [4.69, 9.17) is 9.94 Å². The fourth-order valence-electron chi connectivity index (χ4n) is 1.23. The SMILES string of the molecule is OC[C@@H]1CC(c2cccnc2)=NO1. The molecule has 0 radical (unpaired) electrons. The quantitative estimate of drug-likeness (QED) is 0.720. The molecule has 0 amide bonds. The van der Waals surface area contributed by atoms with Gasteiger partial charge in [0.05, 0.1) is 12.3 Å². The molecule has 1 aliphatic heterocycles. The molecule has 1 N–H and O–H groups in total. The fourth-order valence-corrected chi connectivity index (χ4v) is 1.23. The standard InChI is InChI=1S/C9H10N2O2/c12-6-8-4-9(11-13-8)7-2-1-3-10-5-7/h1-3,5,8,12H,4,6H2/t8-/m0/s1. The van der Waals surface area contributed by atoms with Crippen LogP contribution < -0.4 is 0 Å². The second kappa shape index (κ2) is 3.53. The van der Waals surface area contributed by atoms with Gasteiger partial charge in [-0.15, -0.1) is 0 Å². The minimum Gasteiger partial charge on any atom is -0.392 e. The Morgan fingerprint density at radius 3 is 3.15 bits per heavy atom. The molecule has 0 fully saturated rings. The molecule has 4 nitrogen and oxygen atoms in total. The van der Waals surface area contributed by atoms with Crippen LogP contribution in [-0.2, 0) is 4.84 Å². The number of nitrogens with zero attached hydrogens (tertiary/aromatic N) is 2. The van der Waals surface area contributed by atoms with Gasteiger partial charge in [0.1, 0.15) is 0 Å². The Hall–Kier alpha value is -1.42. The molecule has 0 aromatic carbocycles. The van der Waals surface area contributed by atoms with Crippen molar-refractivity contribution >= 4 is 5.71 Å². The Labute approximate surface area is 75.9 Å². The van der Waals surface area contributed by atoms with Crippen LogP contribution in [0.1, 0.15) is 12.0 Å². The van der Waals surface area contributed by atoms with E-state index in [-0.39, 0.29) is 12.7 Å². The smallest absolute Gasteiger partial charge is 0.156 e. The monoisotopic (exact) mass is 178 g/mol. The summed E-state index contributed by atoms with van der Waals surface area (Å²) in [5, 5.41) is 12.7. The number of hydrogen-bond acceptors (Lipinski definition) is 4. The van der Waals surface area contributed by atoms with Gasteiger partial charge in [-0.25, -0.2) is 0 Å². The van der Waals surface area contributed by atoms with Crippen LogP contribution in [0.5, 0.6) is 0 Å². The van der Waals surface area contributed by atoms with Crippen LogP contribution in [0.25, 0.3) is 0 Å². The third kappa shape index (κ3) is 1.67. The normalized spacial score (nSPS) is 21.0. The molecule has 0 aliphatic carbocycles. The maximum atomic E-state index is 8.82. The molecule has 1 aliphatic rings. The van der Waals surface area contributed by atoms with Crippen molar-refractivity contribution in [2.75, 3.05) is 6.61 Å². The van der Waals surface area contributed by atoms with Crippen LogP contribution >= 0.6 is 0 Å². The summed E-state index contributed by atoms with van der Waals surface area (Å²) in [5.74, 6) is 0. The van der Waals surface area contributed by atoms with Crippen molar-refractivity contribution in [1.82, 2.24) is 4.98 Å². The zero-order valence-electron chi connectivity index (χ0n) is 7.05. The summed E-state index contributed by atoms with van der Waals surface area (Å²) in [4.78, 5) is 8.96. The van der Waals surface area contributed by atoms with Gasteiger partial charge >= 0.3 is 0 Å². The minimum atomic E-state index is -0.185. The molecule has 1 atom stereocenters. The minimum absolute atomic E-state index is 0.00720. The first-order chi connectivity index (χ1) is 6.40. The molecular weight excluding hydrogens is 168 g/mol. The number of aliphatic hydroxyl groups excluding tert-OH is 1. The molecule has 0 saturated carbocycles. The van der Waals surface area contributed by atoms with E-state index in [2.05, 4.69) is 10.1 Å². The van der Waals surface area contributed by atoms with E-state index in [1.54, 1.807) is 12.4 Å². The van der Waals surface area contributed by atoms with Crippen LogP contribution in [-0.4, -0.2) is 28.5 Å². The van der Waals surface area contributed by atoms with Gasteiger partial charge in [0, 0.05) is 24.4 Å². The van der Waals surface area contributed by atoms with E-state index in [0.717, 1.165) is 11.3 Å². The maximum Gasteiger partial charge on any atom is 0.156 e. The average Bonchev–Trinajstić information content (AvgIpc) is 2.67. The van der Waals surface area contributed by atoms with E-state index >= 15 is 0 Å². The molecule has 13 heavy (non-hydrogen) atoms. The lowest BCUT2D eigenvalue weighted by molar-refractivity contribution is 0.0390. The number of aliphatic hydroxyl groups is 1. The van der Waals surface area contributed by atoms with Gasteiger partial charge < -0.3 is 9.94 Å². The van der Waals surface area contributed by atoms with Crippen LogP contribution in [0.4, 0.5) is 0 Å². The Kier molecular flexibility index (Phi) is 2.23. The van der Waals surface area contributed by atoms with E-state index in [1.165, 1.54) is 0 Å². The fraction of sp³-hybridized carbons (Fsp3) is 0.333. The highest BCUT2D eigenvalue weighted by Crippen LogP contribution is 2.14. The van der Waals surface area contributed by atoms with E-state index in [1.807, 2.05) is 12.1 Å². The summed E-state index contributed by atoms with van der Waals surface area (Å²) >= 11 is 0. The van der Waals surface area contributed by atoms with Crippen molar-refractivity contribution in [2.45, 2.75) is 12.5 Å². The maximum absolute atomic E-state index is 8.82. The van der Waals surface area contributed by atoms with Crippen molar-refractivity contribution in [3.63, 3.8) is 0 Å². The Morgan fingerprint density at radius 2 is 2.54 bits per heavy atom. The van der Waals surface area contributed by atoms with Gasteiger partial charge in [0.2, 0.25) is 0 Å². The van der Waals surface area contributed by atoms with Crippen LogP contribution in [0, 0.1) is 0 Å². The van der Waals surface area contributed by atoms with Crippen LogP contribution in [0.3, 0.4) is 0 Å². The molecule has 2 heterocycles. The van der Waals surface area contributed by atoms with Gasteiger partial charge in [-0.2, -0.15) is 0 Å². The number of pyridine rings is 1. The predicted molar refractivity (Wildman–Crippen MR) is 47.3 cm³/mol. The summed E-state index contributed by atoms with van der Waals surface area (Å²) in [7, 11) is 0. The first-order valence-corrected chi connectivity index (χ1v) is 4.14. The molecule has 0 spiro atoms. The third-order valence-corrected chi connectivity index (χ3v) is 1.93. The lowest BCUT2D eigenvalue weighted by atomic mass is 10.1. The number of hydrogen-bond donors (Lipinski definition) is 1. The van der Waals surface area contributed by atoms with Gasteiger partial charge in [-0.1, -0.05) is 5.16 Å². The summed E-state index contributed by atoms with van der Waals surface area (Å²) in [6, 6.07) is 3.78. The van der Waals surface area contributed by atoms with Gasteiger partial charge in [0.15, 0.2) is 6.10 Å². The molecule has 68 valence electrons. The molecule has 0 saturated heterocycles. The molecule has 2 rings (SSSR count). The highest BCUT2D eigenvalue weighted by molar-refractivity contribution is 6.00. The van der Waals surface area contributed by atoms with Gasteiger partial charge in [-0.3, -0.25) is 4.98 Å². The van der Waals surface area contributed by atoms with Crippen LogP contribution in [0.2, 0.25) is 0 Å². The zero-order chi connectivity index (χ0) is 9.10. The van der Waals surface area contributed by atoms with Gasteiger partial charge in [-0.05, 0) is 12.1 Å². The van der Waals surface area contributed by atoms with Crippen molar-refractivity contribution in [2.24, 2.45) is 5.16 Å². The van der Waals surface area contributed by atoms with E-state index in [9.17, 15) is 0 Å². The number of oxime groups is 1. The second-order valence-electron chi connectivity index (χ2n) is 2.89. The van der Waals surface area contributed by atoms with E-state index < -0.39 is 0 Å². The lowest BCUT2D eigenvalue weighted by Crippen LogP contribution is -2.12.